The van der Waals surface area contributed by atoms with Crippen molar-refractivity contribution in [3.63, 3.8) is 0 Å². The number of hydrogen-bond donors (Lipinski definition) is 2. The number of likely N-dealkylation sites (tertiary alicyclic amines) is 1. The number of urea groups is 1. The summed E-state index contributed by atoms with van der Waals surface area (Å²) in [5.74, 6) is -0.318. The molecule has 1 atom stereocenters. The monoisotopic (exact) mass is 297 g/mol. The molecule has 2 heterocycles. The molecule has 2 fully saturated rings. The van der Waals surface area contributed by atoms with E-state index in [-0.39, 0.29) is 24.8 Å². The van der Waals surface area contributed by atoms with Crippen LogP contribution in [0.4, 0.5) is 4.79 Å². The molecule has 0 saturated carbocycles. The number of nitrogens with zero attached hydrogens (tertiary/aromatic N) is 1. The second-order valence-corrected chi connectivity index (χ2v) is 5.19. The fourth-order valence-electron chi connectivity index (χ4n) is 2.68. The number of rotatable bonds is 5. The highest BCUT2D eigenvalue weighted by atomic mass is 16.7. The summed E-state index contributed by atoms with van der Waals surface area (Å²) < 4.78 is 11.1. The summed E-state index contributed by atoms with van der Waals surface area (Å²) in [5.41, 5.74) is 0. The number of imide groups is 1. The van der Waals surface area contributed by atoms with Gasteiger partial charge in [-0.15, -0.1) is 6.58 Å². The predicted molar refractivity (Wildman–Crippen MR) is 76.6 cm³/mol. The standard InChI is InChI=1S/C14H23N3O4/c1-2-6-15-14(19)16-12(18)10-17-7-4-3-5-11(17)13-20-8-9-21-13/h2,11,13H,1,3-10H2,(H2,15,16,18,19). The highest BCUT2D eigenvalue weighted by Gasteiger charge is 2.34. The minimum absolute atomic E-state index is 0.0863. The first-order valence-corrected chi connectivity index (χ1v) is 7.36. The maximum Gasteiger partial charge on any atom is 0.321 e. The van der Waals surface area contributed by atoms with Crippen LogP contribution in [0, 0.1) is 0 Å². The summed E-state index contributed by atoms with van der Waals surface area (Å²) in [4.78, 5) is 25.4. The SMILES string of the molecule is C=CCNC(=O)NC(=O)CN1CCCCC1C1OCCO1. The van der Waals surface area contributed by atoms with Gasteiger partial charge in [0.1, 0.15) is 0 Å². The Kier molecular flexibility index (Phi) is 6.16. The van der Waals surface area contributed by atoms with Gasteiger partial charge in [-0.3, -0.25) is 15.0 Å². The van der Waals surface area contributed by atoms with E-state index in [2.05, 4.69) is 17.2 Å². The van der Waals surface area contributed by atoms with Gasteiger partial charge in [-0.05, 0) is 19.4 Å². The summed E-state index contributed by atoms with van der Waals surface area (Å²) in [6, 6.07) is -0.412. The lowest BCUT2D eigenvalue weighted by molar-refractivity contribution is -0.130. The van der Waals surface area contributed by atoms with Crippen LogP contribution in [0.15, 0.2) is 12.7 Å². The molecule has 2 rings (SSSR count). The van der Waals surface area contributed by atoms with Crippen LogP contribution in [-0.2, 0) is 14.3 Å². The molecule has 2 aliphatic heterocycles. The molecular weight excluding hydrogens is 274 g/mol. The summed E-state index contributed by atoms with van der Waals surface area (Å²) >= 11 is 0. The van der Waals surface area contributed by atoms with Gasteiger partial charge in [-0.1, -0.05) is 12.5 Å². The van der Waals surface area contributed by atoms with Crippen LogP contribution in [0.1, 0.15) is 19.3 Å². The van der Waals surface area contributed by atoms with E-state index in [1.54, 1.807) is 6.08 Å². The summed E-state index contributed by atoms with van der Waals surface area (Å²) in [6.45, 7) is 6.02. The molecule has 0 spiro atoms. The van der Waals surface area contributed by atoms with E-state index < -0.39 is 6.03 Å². The van der Waals surface area contributed by atoms with Crippen LogP contribution >= 0.6 is 0 Å². The van der Waals surface area contributed by atoms with E-state index >= 15 is 0 Å². The molecule has 2 N–H and O–H groups in total. The first-order chi connectivity index (χ1) is 10.2. The predicted octanol–water partition coefficient (Wildman–Crippen LogP) is 0.226. The van der Waals surface area contributed by atoms with E-state index in [0.717, 1.165) is 25.8 Å². The number of nitrogens with one attached hydrogen (secondary N) is 2. The van der Waals surface area contributed by atoms with Crippen LogP contribution in [0.5, 0.6) is 0 Å². The van der Waals surface area contributed by atoms with Gasteiger partial charge in [-0.25, -0.2) is 4.79 Å². The summed E-state index contributed by atoms with van der Waals surface area (Å²) in [5, 5.41) is 4.82. The maximum absolute atomic E-state index is 11.9. The topological polar surface area (TPSA) is 79.9 Å². The lowest BCUT2D eigenvalue weighted by Crippen LogP contribution is -2.52. The molecule has 7 heteroatoms. The van der Waals surface area contributed by atoms with Gasteiger partial charge in [0.25, 0.3) is 0 Å². The molecular formula is C14H23N3O4. The van der Waals surface area contributed by atoms with Crippen molar-refractivity contribution < 1.29 is 19.1 Å². The Morgan fingerprint density at radius 2 is 2.05 bits per heavy atom. The molecule has 0 bridgehead atoms. The molecule has 3 amide bonds. The third-order valence-corrected chi connectivity index (χ3v) is 3.63. The van der Waals surface area contributed by atoms with E-state index in [0.29, 0.717) is 19.8 Å². The third kappa shape index (κ3) is 4.80. The lowest BCUT2D eigenvalue weighted by atomic mass is 10.0. The highest BCUT2D eigenvalue weighted by molar-refractivity contribution is 5.95. The van der Waals surface area contributed by atoms with Crippen molar-refractivity contribution >= 4 is 11.9 Å². The average molecular weight is 297 g/mol. The normalized spacial score (nSPS) is 23.7. The number of carbonyl (C=O) groups is 2. The van der Waals surface area contributed by atoms with Crippen LogP contribution in [-0.4, -0.2) is 62.0 Å². The van der Waals surface area contributed by atoms with Crippen LogP contribution < -0.4 is 10.6 Å². The molecule has 0 aromatic heterocycles. The Balaban J connectivity index is 1.82. The van der Waals surface area contributed by atoms with Gasteiger partial charge in [0.15, 0.2) is 6.29 Å². The maximum atomic E-state index is 11.9. The van der Waals surface area contributed by atoms with Gasteiger partial charge in [0.05, 0.1) is 25.8 Å². The first-order valence-electron chi connectivity index (χ1n) is 7.36. The third-order valence-electron chi connectivity index (χ3n) is 3.63. The van der Waals surface area contributed by atoms with Crippen LogP contribution in [0.2, 0.25) is 0 Å². The second kappa shape index (κ2) is 8.11. The molecule has 0 aromatic rings. The molecule has 2 saturated heterocycles. The number of carbonyl (C=O) groups excluding carboxylic acids is 2. The Labute approximate surface area is 124 Å². The second-order valence-electron chi connectivity index (χ2n) is 5.19. The number of amides is 3. The van der Waals surface area contributed by atoms with Gasteiger partial charge in [0, 0.05) is 6.54 Å². The van der Waals surface area contributed by atoms with Gasteiger partial charge in [-0.2, -0.15) is 0 Å². The lowest BCUT2D eigenvalue weighted by Gasteiger charge is -2.37. The summed E-state index contributed by atoms with van der Waals surface area (Å²) in [6.07, 6.45) is 4.39. The smallest absolute Gasteiger partial charge is 0.321 e. The van der Waals surface area contributed by atoms with Crippen molar-refractivity contribution in [3.05, 3.63) is 12.7 Å². The number of ether oxygens (including phenoxy) is 2. The van der Waals surface area contributed by atoms with Gasteiger partial charge >= 0.3 is 6.03 Å². The van der Waals surface area contributed by atoms with Crippen LogP contribution in [0.25, 0.3) is 0 Å². The van der Waals surface area contributed by atoms with Gasteiger partial charge < -0.3 is 14.8 Å². The van der Waals surface area contributed by atoms with Crippen molar-refractivity contribution in [2.24, 2.45) is 0 Å². The Morgan fingerprint density at radius 1 is 1.29 bits per heavy atom. The van der Waals surface area contributed by atoms with Crippen molar-refractivity contribution in [3.8, 4) is 0 Å². The van der Waals surface area contributed by atoms with Crippen molar-refractivity contribution in [1.82, 2.24) is 15.5 Å². The molecule has 2 aliphatic rings. The molecule has 7 nitrogen and oxygen atoms in total. The largest absolute Gasteiger partial charge is 0.349 e. The number of hydrogen-bond acceptors (Lipinski definition) is 5. The first kappa shape index (κ1) is 15.9. The van der Waals surface area contributed by atoms with E-state index in [1.807, 2.05) is 4.90 Å². The average Bonchev–Trinajstić information content (AvgIpc) is 2.99. The molecule has 21 heavy (non-hydrogen) atoms. The molecule has 118 valence electrons. The quantitative estimate of drug-likeness (QED) is 0.710. The fraction of sp³-hybridized carbons (Fsp3) is 0.714. The zero-order chi connectivity index (χ0) is 15.1. The zero-order valence-electron chi connectivity index (χ0n) is 12.2. The molecule has 0 radical (unpaired) electrons. The van der Waals surface area contributed by atoms with Gasteiger partial charge in [0.2, 0.25) is 5.91 Å². The van der Waals surface area contributed by atoms with E-state index in [4.69, 9.17) is 9.47 Å². The van der Waals surface area contributed by atoms with E-state index in [9.17, 15) is 9.59 Å². The molecule has 1 unspecified atom stereocenters. The van der Waals surface area contributed by atoms with Crippen molar-refractivity contribution in [2.75, 3.05) is 32.8 Å². The van der Waals surface area contributed by atoms with Crippen molar-refractivity contribution in [2.45, 2.75) is 31.6 Å². The highest BCUT2D eigenvalue weighted by Crippen LogP contribution is 2.23. The Bertz CT molecular complexity index is 382. The minimum atomic E-state index is -0.498. The Hall–Kier alpha value is -1.44. The van der Waals surface area contributed by atoms with E-state index in [1.165, 1.54) is 0 Å². The summed E-state index contributed by atoms with van der Waals surface area (Å²) in [7, 11) is 0. The zero-order valence-corrected chi connectivity index (χ0v) is 12.2. The molecule has 0 aliphatic carbocycles. The molecule has 0 aromatic carbocycles. The minimum Gasteiger partial charge on any atom is -0.349 e. The van der Waals surface area contributed by atoms with Crippen molar-refractivity contribution in [1.29, 1.82) is 0 Å². The number of piperidine rings is 1. The van der Waals surface area contributed by atoms with Crippen LogP contribution in [0.3, 0.4) is 0 Å². The fourth-order valence-corrected chi connectivity index (χ4v) is 2.68. The Morgan fingerprint density at radius 3 is 2.76 bits per heavy atom.